The second-order valence-electron chi connectivity index (χ2n) is 3.28. The van der Waals surface area contributed by atoms with Crippen LogP contribution in [0, 0.1) is 10.1 Å². The summed E-state index contributed by atoms with van der Waals surface area (Å²) in [7, 11) is 0. The number of hydrogen-bond acceptors (Lipinski definition) is 5. The van der Waals surface area contributed by atoms with Crippen molar-refractivity contribution in [3.63, 3.8) is 0 Å². The fourth-order valence-electron chi connectivity index (χ4n) is 0.911. The van der Waals surface area contributed by atoms with Gasteiger partial charge in [-0.05, 0) is 13.0 Å². The monoisotopic (exact) mass is 262 g/mol. The lowest BCUT2D eigenvalue weighted by molar-refractivity contribution is -0.388. The number of hydrogen-bond donors (Lipinski definition) is 1. The van der Waals surface area contributed by atoms with E-state index in [2.05, 4.69) is 4.98 Å². The molecule has 7 heteroatoms. The molecule has 2 unspecified atom stereocenters. The number of rotatable bonds is 4. The molecule has 0 radical (unpaired) electrons. The Labute approximate surface area is 102 Å². The third-order valence-corrected chi connectivity index (χ3v) is 3.48. The van der Waals surface area contributed by atoms with E-state index in [1.807, 2.05) is 0 Å². The lowest BCUT2D eigenvalue weighted by Gasteiger charge is -2.13. The van der Waals surface area contributed by atoms with E-state index in [1.54, 1.807) is 13.8 Å². The molecule has 0 aromatic carbocycles. The molecule has 0 bridgehead atoms. The molecule has 0 aliphatic rings. The Morgan fingerprint density at radius 1 is 1.56 bits per heavy atom. The summed E-state index contributed by atoms with van der Waals surface area (Å²) in [6.45, 7) is 3.38. The summed E-state index contributed by atoms with van der Waals surface area (Å²) in [5.41, 5.74) is -0.0955. The first-order valence-electron chi connectivity index (χ1n) is 4.57. The van der Waals surface area contributed by atoms with Gasteiger partial charge in [0.25, 0.3) is 0 Å². The van der Waals surface area contributed by atoms with Crippen LogP contribution in [0.1, 0.15) is 13.8 Å². The van der Waals surface area contributed by atoms with Gasteiger partial charge >= 0.3 is 5.69 Å². The summed E-state index contributed by atoms with van der Waals surface area (Å²) < 4.78 is 0. The Hall–Kier alpha value is -0.850. The minimum atomic E-state index is -0.578. The van der Waals surface area contributed by atoms with Crippen LogP contribution in [0.5, 0.6) is 0 Å². The average Bonchev–Trinajstić information content (AvgIpc) is 2.16. The van der Waals surface area contributed by atoms with Gasteiger partial charge in [0.1, 0.15) is 5.15 Å². The van der Waals surface area contributed by atoms with Crippen molar-refractivity contribution in [2.45, 2.75) is 30.2 Å². The van der Waals surface area contributed by atoms with Gasteiger partial charge in [0.05, 0.1) is 11.0 Å². The minimum absolute atomic E-state index is 0.0955. The Kier molecular flexibility index (Phi) is 4.52. The summed E-state index contributed by atoms with van der Waals surface area (Å²) in [5.74, 6) is 0. The van der Waals surface area contributed by atoms with Crippen LogP contribution in [0.4, 0.5) is 5.69 Å². The van der Waals surface area contributed by atoms with Crippen molar-refractivity contribution in [1.29, 1.82) is 0 Å². The molecule has 88 valence electrons. The molecule has 16 heavy (non-hydrogen) atoms. The summed E-state index contributed by atoms with van der Waals surface area (Å²) in [4.78, 5) is 14.1. The molecule has 0 aliphatic carbocycles. The van der Waals surface area contributed by atoms with Gasteiger partial charge in [-0.3, -0.25) is 10.1 Å². The van der Waals surface area contributed by atoms with Crippen LogP contribution in [-0.2, 0) is 0 Å². The number of thioether (sulfide) groups is 1. The number of nitrogens with zero attached hydrogens (tertiary/aromatic N) is 2. The molecule has 0 fully saturated rings. The van der Waals surface area contributed by atoms with E-state index in [0.29, 0.717) is 0 Å². The zero-order valence-corrected chi connectivity index (χ0v) is 10.3. The number of nitro groups is 1. The lowest BCUT2D eigenvalue weighted by Crippen LogP contribution is -2.15. The van der Waals surface area contributed by atoms with E-state index < -0.39 is 11.0 Å². The van der Waals surface area contributed by atoms with Gasteiger partial charge in [0, 0.05) is 11.3 Å². The van der Waals surface area contributed by atoms with Crippen LogP contribution in [0.25, 0.3) is 0 Å². The average molecular weight is 263 g/mol. The summed E-state index contributed by atoms with van der Waals surface area (Å²) in [6.07, 6.45) is -0.578. The molecule has 0 amide bonds. The number of aliphatic hydroxyl groups excluding tert-OH is 1. The highest BCUT2D eigenvalue weighted by molar-refractivity contribution is 8.00. The normalized spacial score (nSPS) is 14.5. The Bertz CT molecular complexity index is 400. The van der Waals surface area contributed by atoms with Crippen LogP contribution in [0.2, 0.25) is 5.15 Å². The van der Waals surface area contributed by atoms with Crippen molar-refractivity contribution in [3.05, 3.63) is 27.4 Å². The van der Waals surface area contributed by atoms with Crippen molar-refractivity contribution in [3.8, 4) is 0 Å². The number of aliphatic hydroxyl groups is 1. The van der Waals surface area contributed by atoms with Crippen molar-refractivity contribution in [2.24, 2.45) is 0 Å². The van der Waals surface area contributed by atoms with Gasteiger partial charge < -0.3 is 5.11 Å². The van der Waals surface area contributed by atoms with Crippen LogP contribution >= 0.6 is 23.4 Å². The molecule has 1 rings (SSSR count). The van der Waals surface area contributed by atoms with Gasteiger partial charge in [-0.1, -0.05) is 30.3 Å². The van der Waals surface area contributed by atoms with E-state index in [9.17, 15) is 15.2 Å². The topological polar surface area (TPSA) is 76.3 Å². The summed E-state index contributed by atoms with van der Waals surface area (Å²) in [5, 5.41) is 20.3. The first kappa shape index (κ1) is 13.2. The second kappa shape index (κ2) is 5.47. The third-order valence-electron chi connectivity index (χ3n) is 1.98. The Balaban J connectivity index is 3.01. The molecule has 5 nitrogen and oxygen atoms in total. The Morgan fingerprint density at radius 2 is 2.19 bits per heavy atom. The molecular formula is C9H11ClN2O3S. The maximum atomic E-state index is 10.7. The van der Waals surface area contributed by atoms with Crippen molar-refractivity contribution < 1.29 is 10.0 Å². The highest BCUT2D eigenvalue weighted by atomic mass is 35.5. The van der Waals surface area contributed by atoms with E-state index in [-0.39, 0.29) is 21.1 Å². The minimum Gasteiger partial charge on any atom is -0.392 e. The highest BCUT2D eigenvalue weighted by Crippen LogP contribution is 2.32. The largest absolute Gasteiger partial charge is 0.392 e. The van der Waals surface area contributed by atoms with Gasteiger partial charge in [0.2, 0.25) is 0 Å². The van der Waals surface area contributed by atoms with Gasteiger partial charge in [-0.15, -0.1) is 0 Å². The number of halogens is 1. The van der Waals surface area contributed by atoms with Crippen LogP contribution in [0.3, 0.4) is 0 Å². The second-order valence-corrected chi connectivity index (χ2v) is 5.03. The predicted octanol–water partition coefficient (Wildman–Crippen LogP) is 2.50. The van der Waals surface area contributed by atoms with E-state index in [4.69, 9.17) is 11.6 Å². The molecular weight excluding hydrogens is 252 g/mol. The van der Waals surface area contributed by atoms with Crippen LogP contribution in [0.15, 0.2) is 17.2 Å². The van der Waals surface area contributed by atoms with Crippen molar-refractivity contribution in [2.75, 3.05) is 0 Å². The SMILES string of the molecule is CC(O)C(C)Sc1nc(Cl)ccc1[N+](=O)[O-]. The molecule has 2 atom stereocenters. The van der Waals surface area contributed by atoms with E-state index in [1.165, 1.54) is 12.1 Å². The van der Waals surface area contributed by atoms with Crippen LogP contribution in [-0.4, -0.2) is 26.4 Å². The van der Waals surface area contributed by atoms with E-state index in [0.717, 1.165) is 11.8 Å². The molecule has 0 spiro atoms. The quantitative estimate of drug-likeness (QED) is 0.390. The fourth-order valence-corrected chi connectivity index (χ4v) is 2.07. The molecule has 0 aliphatic heterocycles. The molecule has 1 aromatic rings. The molecule has 0 saturated heterocycles. The standard InChI is InChI=1S/C9H11ClN2O3S/c1-5(13)6(2)16-9-7(12(14)15)3-4-8(10)11-9/h3-6,13H,1-2H3. The molecule has 1 heterocycles. The van der Waals surface area contributed by atoms with Gasteiger partial charge in [-0.25, -0.2) is 4.98 Å². The highest BCUT2D eigenvalue weighted by Gasteiger charge is 2.20. The first-order valence-corrected chi connectivity index (χ1v) is 5.83. The molecule has 1 N–H and O–H groups in total. The number of aromatic nitrogens is 1. The van der Waals surface area contributed by atoms with Gasteiger partial charge in [-0.2, -0.15) is 0 Å². The summed E-state index contributed by atoms with van der Waals surface area (Å²) >= 11 is 6.81. The Morgan fingerprint density at radius 3 is 2.69 bits per heavy atom. The fraction of sp³-hybridized carbons (Fsp3) is 0.444. The predicted molar refractivity (Wildman–Crippen MR) is 62.9 cm³/mol. The zero-order valence-electron chi connectivity index (χ0n) is 8.75. The van der Waals surface area contributed by atoms with Crippen LogP contribution < -0.4 is 0 Å². The van der Waals surface area contributed by atoms with E-state index >= 15 is 0 Å². The molecule has 1 aromatic heterocycles. The maximum absolute atomic E-state index is 10.7. The van der Waals surface area contributed by atoms with Crippen molar-refractivity contribution >= 4 is 29.1 Å². The zero-order chi connectivity index (χ0) is 12.3. The number of pyridine rings is 1. The summed E-state index contributed by atoms with van der Waals surface area (Å²) in [6, 6.07) is 2.68. The maximum Gasteiger partial charge on any atom is 0.301 e. The smallest absolute Gasteiger partial charge is 0.301 e. The first-order chi connectivity index (χ1) is 7.41. The lowest BCUT2D eigenvalue weighted by atomic mass is 10.3. The third kappa shape index (κ3) is 3.33. The molecule has 0 saturated carbocycles. The van der Waals surface area contributed by atoms with Crippen molar-refractivity contribution in [1.82, 2.24) is 4.98 Å². The van der Waals surface area contributed by atoms with Gasteiger partial charge in [0.15, 0.2) is 5.03 Å².